The van der Waals surface area contributed by atoms with Crippen LogP contribution in [-0.4, -0.2) is 60.6 Å². The van der Waals surface area contributed by atoms with Gasteiger partial charge in [-0.05, 0) is 0 Å². The molecule has 0 aromatic rings. The molecular weight excluding hydrogens is 324 g/mol. The zero-order chi connectivity index (χ0) is 14.5. The number of ether oxygens (including phenoxy) is 2. The van der Waals surface area contributed by atoms with E-state index in [0.717, 1.165) is 0 Å². The van der Waals surface area contributed by atoms with Gasteiger partial charge < -0.3 is 9.47 Å². The molecule has 4 atom stereocenters. The molecule has 3 saturated heterocycles. The van der Waals surface area contributed by atoms with Crippen molar-refractivity contribution in [2.75, 3.05) is 13.2 Å². The van der Waals surface area contributed by atoms with Crippen molar-refractivity contribution in [3.63, 3.8) is 0 Å². The van der Waals surface area contributed by atoms with Crippen LogP contribution < -0.4 is 0 Å². The van der Waals surface area contributed by atoms with Gasteiger partial charge in [0, 0.05) is 0 Å². The Hall–Kier alpha value is -0.990. The second-order valence-electron chi connectivity index (χ2n) is 4.07. The van der Waals surface area contributed by atoms with Crippen molar-refractivity contribution in [3.05, 3.63) is 0 Å². The number of rotatable bonds is 2. The van der Waals surface area contributed by atoms with Crippen molar-refractivity contribution in [2.45, 2.75) is 24.4 Å². The summed E-state index contributed by atoms with van der Waals surface area (Å²) in [5.74, 6) is 0. The third-order valence-corrected chi connectivity index (χ3v) is 4.57. The lowest BCUT2D eigenvalue weighted by Gasteiger charge is -2.20. The highest BCUT2D eigenvalue weighted by molar-refractivity contribution is 7.82. The predicted octanol–water partition coefficient (Wildman–Crippen LogP) is -1.79. The van der Waals surface area contributed by atoms with Gasteiger partial charge in [0.1, 0.15) is 18.8 Å². The molecule has 0 spiro atoms. The molecule has 0 aromatic carbocycles. The van der Waals surface area contributed by atoms with Crippen LogP contribution in [0.25, 0.3) is 0 Å². The topological polar surface area (TPSA) is 141 Å². The number of carbonyl (C=O) groups is 1. The molecule has 0 N–H and O–H groups in total. The Morgan fingerprint density at radius 2 is 1.50 bits per heavy atom. The Kier molecular flexibility index (Phi) is 3.15. The summed E-state index contributed by atoms with van der Waals surface area (Å²) >= 11 is 0. The predicted molar refractivity (Wildman–Crippen MR) is 54.6 cm³/mol. The van der Waals surface area contributed by atoms with Gasteiger partial charge in [0.2, 0.25) is 0 Å². The maximum Gasteiger partial charge on any atom is 0.508 e. The molecule has 0 amide bonds. The molecular formula is C7H8O11S2. The summed E-state index contributed by atoms with van der Waals surface area (Å²) in [5, 5.41) is 0. The summed E-state index contributed by atoms with van der Waals surface area (Å²) in [4.78, 5) is 10.9. The Balaban J connectivity index is 1.82. The second-order valence-corrected chi connectivity index (χ2v) is 6.52. The minimum Gasteiger partial charge on any atom is -0.430 e. The monoisotopic (exact) mass is 332 g/mol. The molecule has 13 heteroatoms. The molecule has 11 nitrogen and oxygen atoms in total. The Bertz CT molecular complexity index is 621. The number of carbonyl (C=O) groups excluding carboxylic acids is 1. The zero-order valence-electron chi connectivity index (χ0n) is 9.53. The summed E-state index contributed by atoms with van der Waals surface area (Å²) in [6.07, 6.45) is -5.90. The van der Waals surface area contributed by atoms with E-state index in [0.29, 0.717) is 0 Å². The molecule has 20 heavy (non-hydrogen) atoms. The third kappa shape index (κ3) is 2.59. The van der Waals surface area contributed by atoms with Gasteiger partial charge in [-0.1, -0.05) is 0 Å². The average molecular weight is 332 g/mol. The van der Waals surface area contributed by atoms with E-state index in [9.17, 15) is 21.6 Å². The van der Waals surface area contributed by atoms with Crippen molar-refractivity contribution in [3.8, 4) is 0 Å². The quantitative estimate of drug-likeness (QED) is 0.529. The largest absolute Gasteiger partial charge is 0.508 e. The van der Waals surface area contributed by atoms with E-state index < -0.39 is 58.0 Å². The van der Waals surface area contributed by atoms with Crippen LogP contribution >= 0.6 is 0 Å². The lowest BCUT2D eigenvalue weighted by atomic mass is 10.0. The lowest BCUT2D eigenvalue weighted by molar-refractivity contribution is -0.00993. The first-order valence-corrected chi connectivity index (χ1v) is 7.95. The van der Waals surface area contributed by atoms with Crippen molar-refractivity contribution in [1.29, 1.82) is 0 Å². The van der Waals surface area contributed by atoms with E-state index in [-0.39, 0.29) is 6.61 Å². The van der Waals surface area contributed by atoms with Crippen LogP contribution in [0.3, 0.4) is 0 Å². The van der Waals surface area contributed by atoms with E-state index in [1.165, 1.54) is 0 Å². The molecule has 3 aliphatic heterocycles. The SMILES string of the molecule is O=C1OCC(C2OS(=O)(=O)OC2C2COS(=O)(=O)O2)O1. The highest BCUT2D eigenvalue weighted by Gasteiger charge is 2.54. The average Bonchev–Trinajstić information content (AvgIpc) is 2.96. The lowest BCUT2D eigenvalue weighted by Crippen LogP contribution is -2.44. The van der Waals surface area contributed by atoms with Gasteiger partial charge in [0.15, 0.2) is 12.2 Å². The summed E-state index contributed by atoms with van der Waals surface area (Å²) in [7, 11) is -8.55. The first-order valence-electron chi connectivity index (χ1n) is 5.28. The molecule has 3 aliphatic rings. The molecule has 4 unspecified atom stereocenters. The van der Waals surface area contributed by atoms with Gasteiger partial charge in [0.25, 0.3) is 0 Å². The van der Waals surface area contributed by atoms with Crippen molar-refractivity contribution < 1.29 is 47.8 Å². The maximum absolute atomic E-state index is 11.3. The minimum atomic E-state index is -4.35. The maximum atomic E-state index is 11.3. The smallest absolute Gasteiger partial charge is 0.430 e. The third-order valence-electron chi connectivity index (χ3n) is 2.75. The Morgan fingerprint density at radius 1 is 0.850 bits per heavy atom. The van der Waals surface area contributed by atoms with Crippen LogP contribution in [0.15, 0.2) is 0 Å². The van der Waals surface area contributed by atoms with Gasteiger partial charge in [-0.25, -0.2) is 21.5 Å². The van der Waals surface area contributed by atoms with Gasteiger partial charge in [0.05, 0.1) is 6.61 Å². The normalized spacial score (nSPS) is 42.3. The summed E-state index contributed by atoms with van der Waals surface area (Å²) < 4.78 is 72.1. The minimum absolute atomic E-state index is 0.251. The van der Waals surface area contributed by atoms with Crippen LogP contribution in [0.5, 0.6) is 0 Å². The molecule has 0 saturated carbocycles. The molecule has 114 valence electrons. The van der Waals surface area contributed by atoms with E-state index in [4.69, 9.17) is 4.74 Å². The van der Waals surface area contributed by atoms with Crippen molar-refractivity contribution in [1.82, 2.24) is 0 Å². The van der Waals surface area contributed by atoms with Gasteiger partial charge in [-0.2, -0.15) is 16.8 Å². The standard InChI is InChI=1S/C7H8O11S2/c8-7-13-1-3(15-7)5-6(18-20(11,12)17-5)4-2-14-19(9,10)16-4/h3-6H,1-2H2. The van der Waals surface area contributed by atoms with E-state index in [1.807, 2.05) is 0 Å². The number of hydrogen-bond acceptors (Lipinski definition) is 11. The molecule has 0 bridgehead atoms. The van der Waals surface area contributed by atoms with Crippen LogP contribution in [0.4, 0.5) is 4.79 Å². The Labute approximate surface area is 113 Å². The zero-order valence-corrected chi connectivity index (χ0v) is 11.2. The van der Waals surface area contributed by atoms with Gasteiger partial charge >= 0.3 is 27.0 Å². The Morgan fingerprint density at radius 3 is 2.00 bits per heavy atom. The number of cyclic esters (lactones) is 2. The fraction of sp³-hybridized carbons (Fsp3) is 0.857. The number of hydrogen-bond donors (Lipinski definition) is 0. The van der Waals surface area contributed by atoms with E-state index >= 15 is 0 Å². The van der Waals surface area contributed by atoms with Crippen LogP contribution in [0.2, 0.25) is 0 Å². The first-order chi connectivity index (χ1) is 9.26. The summed E-state index contributed by atoms with van der Waals surface area (Å²) in [5.41, 5.74) is 0. The second kappa shape index (κ2) is 4.51. The highest BCUT2D eigenvalue weighted by atomic mass is 32.3. The van der Waals surface area contributed by atoms with Crippen LogP contribution in [-0.2, 0) is 47.0 Å². The molecule has 0 aromatic heterocycles. The first kappa shape index (κ1) is 14.0. The highest BCUT2D eigenvalue weighted by Crippen LogP contribution is 2.32. The summed E-state index contributed by atoms with van der Waals surface area (Å²) in [6.45, 7) is -0.691. The van der Waals surface area contributed by atoms with Crippen LogP contribution in [0, 0.1) is 0 Å². The van der Waals surface area contributed by atoms with Crippen LogP contribution in [0.1, 0.15) is 0 Å². The fourth-order valence-electron chi connectivity index (χ4n) is 1.96. The molecule has 0 aliphatic carbocycles. The molecule has 3 fully saturated rings. The van der Waals surface area contributed by atoms with Crippen molar-refractivity contribution >= 4 is 27.0 Å². The van der Waals surface area contributed by atoms with Gasteiger partial charge in [-0.15, -0.1) is 0 Å². The molecule has 3 rings (SSSR count). The van der Waals surface area contributed by atoms with Gasteiger partial charge in [-0.3, -0.25) is 0 Å². The van der Waals surface area contributed by atoms with Crippen molar-refractivity contribution in [2.24, 2.45) is 0 Å². The van der Waals surface area contributed by atoms with E-state index in [2.05, 4.69) is 21.5 Å². The fourth-order valence-corrected chi connectivity index (χ4v) is 3.84. The molecule has 0 radical (unpaired) electrons. The van der Waals surface area contributed by atoms with E-state index in [1.54, 1.807) is 0 Å². The molecule has 3 heterocycles. The summed E-state index contributed by atoms with van der Waals surface area (Å²) in [6, 6.07) is 0.